The van der Waals surface area contributed by atoms with E-state index >= 15 is 0 Å². The molecule has 0 spiro atoms. The van der Waals surface area contributed by atoms with E-state index in [1.165, 1.54) is 56.1 Å². The van der Waals surface area contributed by atoms with Gasteiger partial charge in [0.1, 0.15) is 0 Å². The molecular formula is C17H25Br. The number of hydrogen-bond donors (Lipinski definition) is 0. The Bertz CT molecular complexity index is 333. The van der Waals surface area contributed by atoms with Crippen LogP contribution in [0.25, 0.3) is 0 Å². The second-order valence-electron chi connectivity index (χ2n) is 5.60. The minimum atomic E-state index is 0.557. The summed E-state index contributed by atoms with van der Waals surface area (Å²) in [6.07, 6.45) is 11.1. The molecule has 0 amide bonds. The molecule has 1 aliphatic carbocycles. The van der Waals surface area contributed by atoms with Crippen molar-refractivity contribution in [2.24, 2.45) is 5.92 Å². The van der Waals surface area contributed by atoms with E-state index in [2.05, 4.69) is 47.1 Å². The number of aryl methyl sites for hydroxylation is 1. The highest BCUT2D eigenvalue weighted by atomic mass is 79.9. The Morgan fingerprint density at radius 1 is 1.00 bits per heavy atom. The molecule has 1 aromatic rings. The Morgan fingerprint density at radius 3 is 2.11 bits per heavy atom. The van der Waals surface area contributed by atoms with Crippen LogP contribution in [0.3, 0.4) is 0 Å². The van der Waals surface area contributed by atoms with Gasteiger partial charge in [-0.1, -0.05) is 79.2 Å². The fourth-order valence-corrected chi connectivity index (χ4v) is 3.82. The standard InChI is InChI=1S/C17H25Br/c1-2-14-10-12-16(13-11-14)17(18)15-8-6-4-3-5-7-9-15/h10-13,15,17H,2-9H2,1H3. The summed E-state index contributed by atoms with van der Waals surface area (Å²) in [5, 5.41) is 0. The second-order valence-corrected chi connectivity index (χ2v) is 6.59. The first-order chi connectivity index (χ1) is 8.81. The molecule has 1 heteroatoms. The van der Waals surface area contributed by atoms with Crippen LogP contribution in [0.15, 0.2) is 24.3 Å². The van der Waals surface area contributed by atoms with Crippen LogP contribution in [0.2, 0.25) is 0 Å². The Labute approximate surface area is 120 Å². The average Bonchev–Trinajstić information content (AvgIpc) is 2.38. The Hall–Kier alpha value is -0.300. The molecule has 0 aliphatic heterocycles. The van der Waals surface area contributed by atoms with Crippen molar-refractivity contribution >= 4 is 15.9 Å². The average molecular weight is 309 g/mol. The summed E-state index contributed by atoms with van der Waals surface area (Å²) >= 11 is 3.95. The van der Waals surface area contributed by atoms with Crippen molar-refractivity contribution in [3.63, 3.8) is 0 Å². The van der Waals surface area contributed by atoms with E-state index in [0.29, 0.717) is 4.83 Å². The third-order valence-corrected chi connectivity index (χ3v) is 5.55. The monoisotopic (exact) mass is 308 g/mol. The van der Waals surface area contributed by atoms with Gasteiger partial charge < -0.3 is 0 Å². The van der Waals surface area contributed by atoms with Gasteiger partial charge in [0.15, 0.2) is 0 Å². The van der Waals surface area contributed by atoms with Gasteiger partial charge >= 0.3 is 0 Å². The van der Waals surface area contributed by atoms with Crippen LogP contribution in [0.4, 0.5) is 0 Å². The van der Waals surface area contributed by atoms with Gasteiger partial charge in [-0.05, 0) is 36.3 Å². The third kappa shape index (κ3) is 3.85. The zero-order valence-electron chi connectivity index (χ0n) is 11.5. The van der Waals surface area contributed by atoms with Gasteiger partial charge in [0, 0.05) is 4.83 Å². The number of hydrogen-bond acceptors (Lipinski definition) is 0. The van der Waals surface area contributed by atoms with Crippen LogP contribution in [-0.4, -0.2) is 0 Å². The number of halogens is 1. The first kappa shape index (κ1) is 14.1. The molecule has 18 heavy (non-hydrogen) atoms. The van der Waals surface area contributed by atoms with Crippen molar-refractivity contribution < 1.29 is 0 Å². The summed E-state index contributed by atoms with van der Waals surface area (Å²) in [7, 11) is 0. The van der Waals surface area contributed by atoms with Crippen LogP contribution in [0, 0.1) is 5.92 Å². The van der Waals surface area contributed by atoms with Crippen molar-refractivity contribution in [3.05, 3.63) is 35.4 Å². The van der Waals surface area contributed by atoms with E-state index < -0.39 is 0 Å². The fourth-order valence-electron chi connectivity index (χ4n) is 2.99. The molecule has 0 aromatic heterocycles. The summed E-state index contributed by atoms with van der Waals surface area (Å²) in [5.74, 6) is 0.831. The van der Waals surface area contributed by atoms with E-state index in [9.17, 15) is 0 Å². The summed E-state index contributed by atoms with van der Waals surface area (Å²) in [6.45, 7) is 2.22. The molecule has 0 radical (unpaired) electrons. The van der Waals surface area contributed by atoms with Gasteiger partial charge in [-0.2, -0.15) is 0 Å². The SMILES string of the molecule is CCc1ccc(C(Br)C2CCCCCCC2)cc1. The lowest BCUT2D eigenvalue weighted by Crippen LogP contribution is -2.10. The minimum absolute atomic E-state index is 0.557. The largest absolute Gasteiger partial charge is 0.0836 e. The van der Waals surface area contributed by atoms with Gasteiger partial charge in [0.05, 0.1) is 0 Å². The van der Waals surface area contributed by atoms with Crippen molar-refractivity contribution in [2.45, 2.75) is 63.1 Å². The number of benzene rings is 1. The second kappa shape index (κ2) is 7.33. The van der Waals surface area contributed by atoms with Crippen LogP contribution in [0.5, 0.6) is 0 Å². The summed E-state index contributed by atoms with van der Waals surface area (Å²) in [5.41, 5.74) is 2.91. The number of rotatable bonds is 3. The van der Waals surface area contributed by atoms with E-state index in [1.807, 2.05) is 0 Å². The lowest BCUT2D eigenvalue weighted by Gasteiger charge is -2.25. The van der Waals surface area contributed by atoms with Crippen LogP contribution >= 0.6 is 15.9 Å². The molecule has 100 valence electrons. The predicted molar refractivity (Wildman–Crippen MR) is 83.3 cm³/mol. The zero-order valence-corrected chi connectivity index (χ0v) is 13.1. The van der Waals surface area contributed by atoms with Crippen LogP contribution in [0.1, 0.15) is 67.8 Å². The maximum Gasteiger partial charge on any atom is 0.0423 e. The topological polar surface area (TPSA) is 0 Å². The fraction of sp³-hybridized carbons (Fsp3) is 0.647. The predicted octanol–water partition coefficient (Wildman–Crippen LogP) is 6.05. The smallest absolute Gasteiger partial charge is 0.0423 e. The highest BCUT2D eigenvalue weighted by Gasteiger charge is 2.21. The van der Waals surface area contributed by atoms with E-state index in [4.69, 9.17) is 0 Å². The molecule has 1 fully saturated rings. The molecule has 1 aromatic carbocycles. The highest BCUT2D eigenvalue weighted by Crippen LogP contribution is 2.38. The highest BCUT2D eigenvalue weighted by molar-refractivity contribution is 9.09. The number of alkyl halides is 1. The maximum atomic E-state index is 3.95. The van der Waals surface area contributed by atoms with Gasteiger partial charge in [0.25, 0.3) is 0 Å². The first-order valence-electron chi connectivity index (χ1n) is 7.54. The van der Waals surface area contributed by atoms with Crippen LogP contribution in [-0.2, 0) is 6.42 Å². The molecule has 1 aliphatic rings. The molecule has 0 heterocycles. The first-order valence-corrected chi connectivity index (χ1v) is 8.45. The van der Waals surface area contributed by atoms with Crippen LogP contribution < -0.4 is 0 Å². The molecule has 0 N–H and O–H groups in total. The molecule has 1 saturated carbocycles. The Kier molecular flexibility index (Phi) is 5.75. The maximum absolute atomic E-state index is 3.95. The zero-order chi connectivity index (χ0) is 12.8. The quantitative estimate of drug-likeness (QED) is 0.597. The van der Waals surface area contributed by atoms with Gasteiger partial charge in [-0.25, -0.2) is 0 Å². The molecular weight excluding hydrogens is 284 g/mol. The Morgan fingerprint density at radius 2 is 1.56 bits per heavy atom. The van der Waals surface area contributed by atoms with Gasteiger partial charge in [0.2, 0.25) is 0 Å². The molecule has 2 rings (SSSR count). The van der Waals surface area contributed by atoms with Crippen molar-refractivity contribution in [2.75, 3.05) is 0 Å². The van der Waals surface area contributed by atoms with Gasteiger partial charge in [-0.15, -0.1) is 0 Å². The minimum Gasteiger partial charge on any atom is -0.0836 e. The lowest BCUT2D eigenvalue weighted by atomic mass is 9.86. The van der Waals surface area contributed by atoms with Crippen molar-refractivity contribution in [3.8, 4) is 0 Å². The van der Waals surface area contributed by atoms with E-state index in [0.717, 1.165) is 12.3 Å². The summed E-state index contributed by atoms with van der Waals surface area (Å²) < 4.78 is 0. The van der Waals surface area contributed by atoms with E-state index in [1.54, 1.807) is 0 Å². The summed E-state index contributed by atoms with van der Waals surface area (Å²) in [6, 6.07) is 9.20. The molecule has 1 unspecified atom stereocenters. The Balaban J connectivity index is 2.00. The van der Waals surface area contributed by atoms with E-state index in [-0.39, 0.29) is 0 Å². The third-order valence-electron chi connectivity index (χ3n) is 4.27. The molecule has 0 saturated heterocycles. The van der Waals surface area contributed by atoms with Crippen molar-refractivity contribution in [1.29, 1.82) is 0 Å². The van der Waals surface area contributed by atoms with Crippen molar-refractivity contribution in [1.82, 2.24) is 0 Å². The normalized spacial score (nSPS) is 20.1. The molecule has 0 nitrogen and oxygen atoms in total. The summed E-state index contributed by atoms with van der Waals surface area (Å²) in [4.78, 5) is 0.557. The van der Waals surface area contributed by atoms with Gasteiger partial charge in [-0.3, -0.25) is 0 Å². The molecule has 0 bridgehead atoms. The molecule has 1 atom stereocenters. The lowest BCUT2D eigenvalue weighted by molar-refractivity contribution is 0.374.